The molecule has 4 aromatic rings. The van der Waals surface area contributed by atoms with E-state index in [9.17, 15) is 31.1 Å². The van der Waals surface area contributed by atoms with Crippen LogP contribution in [0.3, 0.4) is 0 Å². The largest absolute Gasteiger partial charge is 0.416 e. The van der Waals surface area contributed by atoms with Crippen LogP contribution in [0.15, 0.2) is 54.6 Å². The molecule has 0 saturated heterocycles. The van der Waals surface area contributed by atoms with Gasteiger partial charge in [-0.05, 0) is 49.7 Å². The number of amides is 1. The molecule has 0 unspecified atom stereocenters. The number of rotatable bonds is 3. The summed E-state index contributed by atoms with van der Waals surface area (Å²) in [5.41, 5.74) is -2.00. The Balaban J connectivity index is 1.75. The van der Waals surface area contributed by atoms with Crippen LogP contribution in [-0.2, 0) is 12.4 Å². The van der Waals surface area contributed by atoms with Crippen LogP contribution in [0, 0.1) is 13.8 Å². The Morgan fingerprint density at radius 1 is 0.882 bits per heavy atom. The molecule has 176 valence electrons. The van der Waals surface area contributed by atoms with Crippen molar-refractivity contribution in [3.63, 3.8) is 0 Å². The van der Waals surface area contributed by atoms with E-state index in [2.05, 4.69) is 15.4 Å². The van der Waals surface area contributed by atoms with Gasteiger partial charge < -0.3 is 5.32 Å². The molecule has 0 fully saturated rings. The number of anilines is 1. The fraction of sp³-hybridized carbons (Fsp3) is 0.174. The topological polar surface area (TPSA) is 59.8 Å². The van der Waals surface area contributed by atoms with Crippen LogP contribution in [0.2, 0.25) is 0 Å². The monoisotopic (exact) mass is 478 g/mol. The van der Waals surface area contributed by atoms with Crippen molar-refractivity contribution in [3.05, 3.63) is 82.5 Å². The number of aryl methyl sites for hydroxylation is 2. The van der Waals surface area contributed by atoms with Crippen molar-refractivity contribution in [2.75, 3.05) is 5.32 Å². The molecule has 11 heteroatoms. The van der Waals surface area contributed by atoms with E-state index < -0.39 is 35.0 Å². The minimum atomic E-state index is -5.07. The number of benzene rings is 2. The van der Waals surface area contributed by atoms with Crippen molar-refractivity contribution >= 4 is 22.6 Å². The standard InChI is InChI=1S/C23H16F6N4O/c1-12-7-19(30-18-6-4-3-5-17(12)18)33-20(8-13(2)32-33)31-21(34)14-9-15(22(24,25)26)11-16(10-14)23(27,28)29/h3-11H,1-2H3,(H,31,34). The third-order valence-electron chi connectivity index (χ3n) is 5.05. The molecule has 5 nitrogen and oxygen atoms in total. The number of alkyl halides is 6. The summed E-state index contributed by atoms with van der Waals surface area (Å²) in [6, 6.07) is 11.1. The molecule has 0 aliphatic rings. The van der Waals surface area contributed by atoms with E-state index in [4.69, 9.17) is 0 Å². The van der Waals surface area contributed by atoms with Gasteiger partial charge in [0.25, 0.3) is 5.91 Å². The third kappa shape index (κ3) is 4.59. The summed E-state index contributed by atoms with van der Waals surface area (Å²) in [6.45, 7) is 3.47. The lowest BCUT2D eigenvalue weighted by Gasteiger charge is -2.14. The van der Waals surface area contributed by atoms with Crippen LogP contribution in [0.1, 0.15) is 32.7 Å². The van der Waals surface area contributed by atoms with E-state index in [0.717, 1.165) is 10.9 Å². The van der Waals surface area contributed by atoms with E-state index in [1.165, 1.54) is 10.7 Å². The molecule has 34 heavy (non-hydrogen) atoms. The first kappa shape index (κ1) is 23.3. The predicted octanol–water partition coefficient (Wildman–Crippen LogP) is 6.33. The van der Waals surface area contributed by atoms with Crippen LogP contribution in [0.5, 0.6) is 0 Å². The molecule has 1 N–H and O–H groups in total. The summed E-state index contributed by atoms with van der Waals surface area (Å²) in [6.07, 6.45) is -10.1. The molecular weight excluding hydrogens is 462 g/mol. The molecule has 1 amide bonds. The van der Waals surface area contributed by atoms with Gasteiger partial charge in [-0.25, -0.2) is 4.98 Å². The number of carbonyl (C=O) groups is 1. The summed E-state index contributed by atoms with van der Waals surface area (Å²) < 4.78 is 80.2. The van der Waals surface area contributed by atoms with Crippen molar-refractivity contribution in [1.29, 1.82) is 0 Å². The number of pyridine rings is 1. The summed E-state index contributed by atoms with van der Waals surface area (Å²) in [7, 11) is 0. The highest BCUT2D eigenvalue weighted by molar-refractivity contribution is 6.04. The number of hydrogen-bond donors (Lipinski definition) is 1. The van der Waals surface area contributed by atoms with Crippen LogP contribution < -0.4 is 5.32 Å². The maximum Gasteiger partial charge on any atom is 0.416 e. The summed E-state index contributed by atoms with van der Waals surface area (Å²) >= 11 is 0. The van der Waals surface area contributed by atoms with Gasteiger partial charge in [0.15, 0.2) is 5.82 Å². The number of halogens is 6. The number of nitrogens with zero attached hydrogens (tertiary/aromatic N) is 3. The molecule has 0 aliphatic carbocycles. The third-order valence-corrected chi connectivity index (χ3v) is 5.05. The van der Waals surface area contributed by atoms with Crippen molar-refractivity contribution < 1.29 is 31.1 Å². The second-order valence-corrected chi connectivity index (χ2v) is 7.65. The molecule has 2 heterocycles. The first-order chi connectivity index (χ1) is 15.8. The number of hydrogen-bond acceptors (Lipinski definition) is 3. The van der Waals surface area contributed by atoms with Crippen LogP contribution in [0.25, 0.3) is 16.7 Å². The Labute approximate surface area is 189 Å². The fourth-order valence-electron chi connectivity index (χ4n) is 3.48. The van der Waals surface area contributed by atoms with Gasteiger partial charge in [0.1, 0.15) is 5.82 Å². The van der Waals surface area contributed by atoms with E-state index in [1.807, 2.05) is 19.1 Å². The molecular formula is C23H16F6N4O. The highest BCUT2D eigenvalue weighted by Gasteiger charge is 2.37. The van der Waals surface area contributed by atoms with E-state index in [-0.39, 0.29) is 11.9 Å². The fourth-order valence-corrected chi connectivity index (χ4v) is 3.48. The maximum absolute atomic E-state index is 13.2. The first-order valence-corrected chi connectivity index (χ1v) is 9.87. The Morgan fingerprint density at radius 2 is 1.50 bits per heavy atom. The van der Waals surface area contributed by atoms with Crippen LogP contribution in [-0.4, -0.2) is 20.7 Å². The molecule has 0 atom stereocenters. The highest BCUT2D eigenvalue weighted by atomic mass is 19.4. The molecule has 2 aromatic carbocycles. The number of para-hydroxylation sites is 1. The average Bonchev–Trinajstić information content (AvgIpc) is 3.12. The van der Waals surface area contributed by atoms with Crippen molar-refractivity contribution in [3.8, 4) is 5.82 Å². The number of nitrogens with one attached hydrogen (secondary N) is 1. The number of aromatic nitrogens is 3. The van der Waals surface area contributed by atoms with Gasteiger partial charge in [-0.1, -0.05) is 18.2 Å². The van der Waals surface area contributed by atoms with E-state index >= 15 is 0 Å². The van der Waals surface area contributed by atoms with Crippen LogP contribution in [0.4, 0.5) is 32.2 Å². The average molecular weight is 478 g/mol. The zero-order valence-electron chi connectivity index (χ0n) is 17.7. The second kappa shape index (κ2) is 8.15. The lowest BCUT2D eigenvalue weighted by Crippen LogP contribution is -2.19. The molecule has 2 aromatic heterocycles. The SMILES string of the molecule is Cc1cc(NC(=O)c2cc(C(F)(F)F)cc(C(F)(F)F)c2)n(-c2cc(C)c3ccccc3n2)n1. The lowest BCUT2D eigenvalue weighted by atomic mass is 10.0. The van der Waals surface area contributed by atoms with Gasteiger partial charge in [-0.3, -0.25) is 4.79 Å². The van der Waals surface area contributed by atoms with Gasteiger partial charge in [0.2, 0.25) is 0 Å². The molecule has 0 saturated carbocycles. The smallest absolute Gasteiger partial charge is 0.306 e. The second-order valence-electron chi connectivity index (χ2n) is 7.65. The Bertz CT molecular complexity index is 1370. The molecule has 0 bridgehead atoms. The van der Waals surface area contributed by atoms with E-state index in [0.29, 0.717) is 29.2 Å². The normalized spacial score (nSPS) is 12.2. The van der Waals surface area contributed by atoms with E-state index in [1.54, 1.807) is 25.1 Å². The van der Waals surface area contributed by atoms with Crippen molar-refractivity contribution in [2.45, 2.75) is 26.2 Å². The van der Waals surface area contributed by atoms with Crippen molar-refractivity contribution in [1.82, 2.24) is 14.8 Å². The maximum atomic E-state index is 13.2. The quantitative estimate of drug-likeness (QED) is 0.350. The van der Waals surface area contributed by atoms with Gasteiger partial charge in [0, 0.05) is 17.0 Å². The van der Waals surface area contributed by atoms with Gasteiger partial charge in [-0.2, -0.15) is 36.1 Å². The Hall–Kier alpha value is -3.89. The predicted molar refractivity (Wildman–Crippen MR) is 113 cm³/mol. The molecule has 0 radical (unpaired) electrons. The summed E-state index contributed by atoms with van der Waals surface area (Å²) in [5.74, 6) is -0.800. The molecule has 0 aliphatic heterocycles. The lowest BCUT2D eigenvalue weighted by molar-refractivity contribution is -0.143. The summed E-state index contributed by atoms with van der Waals surface area (Å²) in [4.78, 5) is 17.2. The number of fused-ring (bicyclic) bond motifs is 1. The minimum absolute atomic E-state index is 0.0348. The molecule has 0 spiro atoms. The Morgan fingerprint density at radius 3 is 2.12 bits per heavy atom. The van der Waals surface area contributed by atoms with Crippen molar-refractivity contribution in [2.24, 2.45) is 0 Å². The van der Waals surface area contributed by atoms with Gasteiger partial charge in [-0.15, -0.1) is 0 Å². The van der Waals surface area contributed by atoms with Crippen LogP contribution >= 0.6 is 0 Å². The minimum Gasteiger partial charge on any atom is -0.306 e. The number of carbonyl (C=O) groups excluding carboxylic acids is 1. The van der Waals surface area contributed by atoms with Gasteiger partial charge in [0.05, 0.1) is 22.3 Å². The first-order valence-electron chi connectivity index (χ1n) is 9.87. The molecule has 4 rings (SSSR count). The zero-order chi connectivity index (χ0) is 24.8. The van der Waals surface area contributed by atoms with Gasteiger partial charge >= 0.3 is 12.4 Å². The highest BCUT2D eigenvalue weighted by Crippen LogP contribution is 2.36. The zero-order valence-corrected chi connectivity index (χ0v) is 17.7. The Kier molecular flexibility index (Phi) is 5.58. The summed E-state index contributed by atoms with van der Waals surface area (Å²) in [5, 5.41) is 7.52.